The van der Waals surface area contributed by atoms with Crippen LogP contribution in [0.5, 0.6) is 11.5 Å². The maximum Gasteiger partial charge on any atom is 0.363 e. The van der Waals surface area contributed by atoms with Crippen molar-refractivity contribution in [3.05, 3.63) is 96.3 Å². The van der Waals surface area contributed by atoms with Crippen molar-refractivity contribution >= 4 is 63.1 Å². The van der Waals surface area contributed by atoms with Crippen LogP contribution in [0.3, 0.4) is 0 Å². The van der Waals surface area contributed by atoms with Crippen LogP contribution in [0.2, 0.25) is 0 Å². The molecule has 3 aromatic rings. The predicted octanol–water partition coefficient (Wildman–Crippen LogP) is 6.26. The van der Waals surface area contributed by atoms with Crippen LogP contribution >= 0.6 is 45.2 Å². The van der Waals surface area contributed by atoms with Crippen molar-refractivity contribution in [2.24, 2.45) is 4.99 Å². The molecule has 0 saturated carbocycles. The van der Waals surface area contributed by atoms with Gasteiger partial charge in [-0.25, -0.2) is 9.79 Å². The Hall–Kier alpha value is -2.40. The van der Waals surface area contributed by atoms with Gasteiger partial charge in [0.05, 0.1) is 16.8 Å². The van der Waals surface area contributed by atoms with Crippen LogP contribution in [-0.4, -0.2) is 25.1 Å². The largest absolute Gasteiger partial charge is 0.490 e. The standard InChI is InChI=1S/C26H21I2NO4/c1-2-31-23-16-18(14-21(28)24(23)32-13-12-17-6-4-3-5-7-17)15-22-26(30)33-25(29-22)19-8-10-20(27)11-9-19/h3-11,14-16H,2,12-13H2,1H3/b22-15-. The lowest BCUT2D eigenvalue weighted by atomic mass is 10.1. The molecular formula is C26H21I2NO4. The van der Waals surface area contributed by atoms with Gasteiger partial charge in [0, 0.05) is 15.6 Å². The Kier molecular flexibility index (Phi) is 8.02. The predicted molar refractivity (Wildman–Crippen MR) is 146 cm³/mol. The van der Waals surface area contributed by atoms with Crippen molar-refractivity contribution in [2.45, 2.75) is 13.3 Å². The highest BCUT2D eigenvalue weighted by Crippen LogP contribution is 2.35. The van der Waals surface area contributed by atoms with Gasteiger partial charge in [-0.3, -0.25) is 0 Å². The molecule has 168 valence electrons. The Labute approximate surface area is 220 Å². The number of aliphatic imine (C=N–C) groups is 1. The first kappa shape index (κ1) is 23.7. The van der Waals surface area contributed by atoms with E-state index in [1.165, 1.54) is 5.56 Å². The second-order valence-corrected chi connectivity index (χ2v) is 9.60. The van der Waals surface area contributed by atoms with Crippen LogP contribution in [0.15, 0.2) is 77.4 Å². The van der Waals surface area contributed by atoms with E-state index in [-0.39, 0.29) is 5.70 Å². The molecule has 0 bridgehead atoms. The molecule has 0 N–H and O–H groups in total. The monoisotopic (exact) mass is 665 g/mol. The van der Waals surface area contributed by atoms with Crippen LogP contribution in [-0.2, 0) is 16.0 Å². The van der Waals surface area contributed by atoms with Crippen molar-refractivity contribution in [1.29, 1.82) is 0 Å². The number of carbonyl (C=O) groups is 1. The summed E-state index contributed by atoms with van der Waals surface area (Å²) in [5.74, 6) is 1.17. The number of carbonyl (C=O) groups excluding carboxylic acids is 1. The fourth-order valence-corrected chi connectivity index (χ4v) is 4.41. The van der Waals surface area contributed by atoms with Crippen molar-refractivity contribution in [2.75, 3.05) is 13.2 Å². The summed E-state index contributed by atoms with van der Waals surface area (Å²) in [5.41, 5.74) is 3.02. The molecule has 33 heavy (non-hydrogen) atoms. The average molecular weight is 665 g/mol. The Morgan fingerprint density at radius 2 is 1.76 bits per heavy atom. The molecule has 1 aliphatic rings. The first-order chi connectivity index (χ1) is 16.0. The number of benzene rings is 3. The van der Waals surface area contributed by atoms with Crippen LogP contribution in [0, 0.1) is 7.14 Å². The molecule has 1 aliphatic heterocycles. The summed E-state index contributed by atoms with van der Waals surface area (Å²) in [5, 5.41) is 0. The van der Waals surface area contributed by atoms with Crippen LogP contribution < -0.4 is 9.47 Å². The lowest BCUT2D eigenvalue weighted by Gasteiger charge is -2.15. The van der Waals surface area contributed by atoms with Gasteiger partial charge in [-0.15, -0.1) is 0 Å². The molecule has 0 fully saturated rings. The summed E-state index contributed by atoms with van der Waals surface area (Å²) in [4.78, 5) is 16.8. The van der Waals surface area contributed by atoms with Crippen LogP contribution in [0.1, 0.15) is 23.6 Å². The normalized spacial score (nSPS) is 14.2. The molecular weight excluding hydrogens is 644 g/mol. The summed E-state index contributed by atoms with van der Waals surface area (Å²) < 4.78 is 19.3. The molecule has 0 aliphatic carbocycles. The molecule has 4 rings (SSSR count). The molecule has 3 aromatic carbocycles. The highest BCUT2D eigenvalue weighted by molar-refractivity contribution is 14.1. The molecule has 5 nitrogen and oxygen atoms in total. The van der Waals surface area contributed by atoms with Crippen molar-refractivity contribution in [3.8, 4) is 11.5 Å². The highest BCUT2D eigenvalue weighted by atomic mass is 127. The van der Waals surface area contributed by atoms with E-state index in [4.69, 9.17) is 14.2 Å². The number of nitrogens with zero attached hydrogens (tertiary/aromatic N) is 1. The third kappa shape index (κ3) is 6.14. The lowest BCUT2D eigenvalue weighted by Crippen LogP contribution is -2.06. The fraction of sp³-hybridized carbons (Fsp3) is 0.154. The Balaban J connectivity index is 1.55. The van der Waals surface area contributed by atoms with Gasteiger partial charge in [-0.2, -0.15) is 0 Å². The Bertz CT molecular complexity index is 1200. The van der Waals surface area contributed by atoms with E-state index in [0.29, 0.717) is 30.6 Å². The van der Waals surface area contributed by atoms with E-state index in [9.17, 15) is 4.79 Å². The smallest absolute Gasteiger partial charge is 0.363 e. The fourth-order valence-electron chi connectivity index (χ4n) is 3.27. The molecule has 0 atom stereocenters. The van der Waals surface area contributed by atoms with E-state index in [2.05, 4.69) is 62.3 Å². The van der Waals surface area contributed by atoms with Crippen LogP contribution in [0.4, 0.5) is 0 Å². The van der Waals surface area contributed by atoms with Gasteiger partial charge >= 0.3 is 5.97 Å². The number of hydrogen-bond acceptors (Lipinski definition) is 5. The van der Waals surface area contributed by atoms with Gasteiger partial charge in [0.2, 0.25) is 5.90 Å². The Morgan fingerprint density at radius 1 is 1.00 bits per heavy atom. The van der Waals surface area contributed by atoms with Gasteiger partial charge in [-0.1, -0.05) is 30.3 Å². The van der Waals surface area contributed by atoms with E-state index >= 15 is 0 Å². The molecule has 1 heterocycles. The lowest BCUT2D eigenvalue weighted by molar-refractivity contribution is -0.129. The average Bonchev–Trinajstić information content (AvgIpc) is 3.17. The maximum atomic E-state index is 12.4. The van der Waals surface area contributed by atoms with Gasteiger partial charge in [0.15, 0.2) is 17.2 Å². The first-order valence-electron chi connectivity index (χ1n) is 10.4. The molecule has 0 radical (unpaired) electrons. The molecule has 0 saturated heterocycles. The summed E-state index contributed by atoms with van der Waals surface area (Å²) in [6, 6.07) is 21.7. The molecule has 0 aromatic heterocycles. The second kappa shape index (κ2) is 11.1. The SMILES string of the molecule is CCOc1cc(/C=C2\N=C(c3ccc(I)cc3)OC2=O)cc(I)c1OCCc1ccccc1. The third-order valence-electron chi connectivity index (χ3n) is 4.83. The topological polar surface area (TPSA) is 57.1 Å². The van der Waals surface area contributed by atoms with Crippen molar-refractivity contribution < 1.29 is 19.0 Å². The summed E-state index contributed by atoms with van der Waals surface area (Å²) in [7, 11) is 0. The number of ether oxygens (including phenoxy) is 3. The minimum Gasteiger partial charge on any atom is -0.490 e. The number of hydrogen-bond donors (Lipinski definition) is 0. The van der Waals surface area contributed by atoms with Gasteiger partial charge < -0.3 is 14.2 Å². The van der Waals surface area contributed by atoms with Crippen molar-refractivity contribution in [3.63, 3.8) is 0 Å². The third-order valence-corrected chi connectivity index (χ3v) is 6.35. The second-order valence-electron chi connectivity index (χ2n) is 7.19. The zero-order valence-corrected chi connectivity index (χ0v) is 22.2. The van der Waals surface area contributed by atoms with E-state index in [1.807, 2.05) is 61.5 Å². The number of cyclic esters (lactones) is 1. The van der Waals surface area contributed by atoms with Gasteiger partial charge in [0.1, 0.15) is 0 Å². The van der Waals surface area contributed by atoms with E-state index in [1.54, 1.807) is 6.08 Å². The van der Waals surface area contributed by atoms with E-state index in [0.717, 1.165) is 24.7 Å². The molecule has 0 amide bonds. The van der Waals surface area contributed by atoms with Gasteiger partial charge in [-0.05, 0) is 106 Å². The van der Waals surface area contributed by atoms with Gasteiger partial charge in [0.25, 0.3) is 0 Å². The Morgan fingerprint density at radius 3 is 2.48 bits per heavy atom. The number of halogens is 2. The quantitative estimate of drug-likeness (QED) is 0.162. The van der Waals surface area contributed by atoms with Crippen molar-refractivity contribution in [1.82, 2.24) is 0 Å². The highest BCUT2D eigenvalue weighted by Gasteiger charge is 2.24. The molecule has 7 heteroatoms. The van der Waals surface area contributed by atoms with Crippen LogP contribution in [0.25, 0.3) is 6.08 Å². The minimum absolute atomic E-state index is 0.250. The summed E-state index contributed by atoms with van der Waals surface area (Å²) >= 11 is 4.45. The minimum atomic E-state index is -0.472. The summed E-state index contributed by atoms with van der Waals surface area (Å²) in [6.45, 7) is 2.97. The maximum absolute atomic E-state index is 12.4. The zero-order chi connectivity index (χ0) is 23.2. The number of esters is 1. The first-order valence-corrected chi connectivity index (χ1v) is 12.6. The molecule has 0 spiro atoms. The van der Waals surface area contributed by atoms with E-state index < -0.39 is 5.97 Å². The zero-order valence-electron chi connectivity index (χ0n) is 17.9. The molecule has 0 unspecified atom stereocenters. The number of rotatable bonds is 8. The summed E-state index contributed by atoms with van der Waals surface area (Å²) in [6.07, 6.45) is 2.51.